The zero-order valence-corrected chi connectivity index (χ0v) is 56.0. The lowest BCUT2D eigenvalue weighted by Gasteiger charge is -2.41. The Bertz CT molecular complexity index is 2900. The van der Waals surface area contributed by atoms with Gasteiger partial charge in [0.05, 0.1) is 37.2 Å². The first-order valence-corrected chi connectivity index (χ1v) is 32.8. The molecular formula is C71H104N8O12. The molecule has 0 saturated carbocycles. The molecule has 0 bridgehead atoms. The number of nitrogens with two attached hydrogens (primary N) is 1. The number of methoxy groups -OCH3 is 1. The van der Waals surface area contributed by atoms with Gasteiger partial charge in [-0.25, -0.2) is 0 Å². The molecule has 0 aliphatic carbocycles. The number of hydrogen-bond donors (Lipinski definition) is 5. The summed E-state index contributed by atoms with van der Waals surface area (Å²) in [6.07, 6.45) is 2.50. The molecule has 0 spiro atoms. The van der Waals surface area contributed by atoms with Gasteiger partial charge in [0, 0.05) is 94.3 Å². The number of nitrogens with one attached hydrogen (secondary N) is 3. The Balaban J connectivity index is 1.27. The fourth-order valence-electron chi connectivity index (χ4n) is 13.2. The number of Topliss-reactive ketones (excluding diaryl/α,β-unsaturated/α-hetero) is 3. The van der Waals surface area contributed by atoms with Gasteiger partial charge in [-0.3, -0.25) is 57.7 Å². The van der Waals surface area contributed by atoms with Gasteiger partial charge in [-0.15, -0.1) is 0 Å². The molecule has 12 atom stereocenters. The zero-order valence-electron chi connectivity index (χ0n) is 56.0. The van der Waals surface area contributed by atoms with E-state index in [1.165, 1.54) is 7.11 Å². The lowest BCUT2D eigenvalue weighted by atomic mass is 9.83. The van der Waals surface area contributed by atoms with Crippen LogP contribution in [0.25, 0.3) is 0 Å². The van der Waals surface area contributed by atoms with Crippen LogP contribution < -0.4 is 21.7 Å². The average molecular weight is 1260 g/mol. The van der Waals surface area contributed by atoms with Gasteiger partial charge < -0.3 is 41.3 Å². The number of nitrogens with zero attached hydrogens (tertiary/aromatic N) is 4. The number of hydrogen-bond acceptors (Lipinski definition) is 14. The summed E-state index contributed by atoms with van der Waals surface area (Å²) in [6.45, 7) is 15.2. The van der Waals surface area contributed by atoms with E-state index >= 15 is 0 Å². The minimum absolute atomic E-state index is 0.00367. The van der Waals surface area contributed by atoms with Crippen LogP contribution in [-0.2, 0) is 71.9 Å². The number of ether oxygens (including phenoxy) is 1. The lowest BCUT2D eigenvalue weighted by molar-refractivity contribution is -0.148. The molecule has 0 radical (unpaired) electrons. The van der Waals surface area contributed by atoms with Gasteiger partial charge in [-0.05, 0) is 112 Å². The van der Waals surface area contributed by atoms with Crippen molar-refractivity contribution in [3.63, 3.8) is 0 Å². The summed E-state index contributed by atoms with van der Waals surface area (Å²) in [4.78, 5) is 145. The highest BCUT2D eigenvalue weighted by Crippen LogP contribution is 2.33. The van der Waals surface area contributed by atoms with Crippen LogP contribution in [0.1, 0.15) is 136 Å². The molecule has 2 saturated heterocycles. The van der Waals surface area contributed by atoms with Gasteiger partial charge in [0.2, 0.25) is 41.4 Å². The number of likely N-dealkylation sites (tertiary alicyclic amines) is 2. The number of imide groups is 1. The smallest absolute Gasteiger partial charge is 0.246 e. The molecule has 20 nitrogen and oxygen atoms in total. The van der Waals surface area contributed by atoms with Crippen LogP contribution in [0.2, 0.25) is 0 Å². The Kier molecular flexibility index (Phi) is 29.8. The maximum atomic E-state index is 14.6. The van der Waals surface area contributed by atoms with Crippen molar-refractivity contribution in [3.05, 3.63) is 102 Å². The second-order valence-electron chi connectivity index (χ2n) is 26.4. The topological polar surface area (TPSA) is 275 Å². The Hall–Kier alpha value is -7.00. The summed E-state index contributed by atoms with van der Waals surface area (Å²) in [5.74, 6) is -7.27. The van der Waals surface area contributed by atoms with Crippen LogP contribution in [0.3, 0.4) is 0 Å². The third kappa shape index (κ3) is 21.3. The zero-order chi connectivity index (χ0) is 67.2. The number of likely N-dealkylation sites (N-methyl/N-ethyl adjacent to an activating group) is 2. The molecule has 7 amide bonds. The van der Waals surface area contributed by atoms with Crippen molar-refractivity contribution in [2.24, 2.45) is 53.1 Å². The quantitative estimate of drug-likeness (QED) is 0.0298. The number of unbranched alkanes of at least 4 members (excludes halogenated alkanes) is 1. The van der Waals surface area contributed by atoms with Crippen LogP contribution in [0.15, 0.2) is 84.9 Å². The molecule has 91 heavy (non-hydrogen) atoms. The molecular weight excluding hydrogens is 1160 g/mol. The monoisotopic (exact) mass is 1260 g/mol. The van der Waals surface area contributed by atoms with Gasteiger partial charge in [-0.1, -0.05) is 135 Å². The fraction of sp³-hybridized carbons (Fsp3) is 0.606. The number of aliphatic hydroxyl groups excluding tert-OH is 1. The van der Waals surface area contributed by atoms with E-state index in [9.17, 15) is 53.1 Å². The van der Waals surface area contributed by atoms with E-state index < -0.39 is 108 Å². The van der Waals surface area contributed by atoms with Crippen molar-refractivity contribution in [1.29, 1.82) is 0 Å². The highest BCUT2D eigenvalue weighted by molar-refractivity contribution is 6.06. The molecule has 2 fully saturated rings. The molecule has 5 rings (SSSR count). The van der Waals surface area contributed by atoms with E-state index in [4.69, 9.17) is 10.5 Å². The Morgan fingerprint density at radius 1 is 0.736 bits per heavy atom. The van der Waals surface area contributed by atoms with E-state index in [1.54, 1.807) is 55.0 Å². The molecule has 500 valence electrons. The van der Waals surface area contributed by atoms with Crippen molar-refractivity contribution in [3.8, 4) is 0 Å². The van der Waals surface area contributed by atoms with Gasteiger partial charge in [0.25, 0.3) is 0 Å². The van der Waals surface area contributed by atoms with E-state index in [-0.39, 0.29) is 98.5 Å². The number of carbonyl (C=O) groups excluding carboxylic acids is 10. The fourth-order valence-corrected chi connectivity index (χ4v) is 13.2. The normalized spacial score (nSPS) is 18.4. The molecule has 2 aliphatic rings. The van der Waals surface area contributed by atoms with Crippen LogP contribution in [0.5, 0.6) is 0 Å². The van der Waals surface area contributed by atoms with Crippen molar-refractivity contribution in [1.82, 2.24) is 30.2 Å². The predicted octanol–water partition coefficient (Wildman–Crippen LogP) is 6.62. The number of anilines is 1. The van der Waals surface area contributed by atoms with Gasteiger partial charge in [-0.2, -0.15) is 0 Å². The molecule has 2 aliphatic heterocycles. The number of carbonyl (C=O) groups is 10. The number of amides is 7. The van der Waals surface area contributed by atoms with Crippen molar-refractivity contribution >= 4 is 64.4 Å². The molecule has 3 aromatic rings. The van der Waals surface area contributed by atoms with Crippen molar-refractivity contribution in [2.45, 2.75) is 175 Å². The molecule has 1 unspecified atom stereocenters. The van der Waals surface area contributed by atoms with Crippen molar-refractivity contribution < 1.29 is 57.8 Å². The lowest BCUT2D eigenvalue weighted by Crippen LogP contribution is -2.54. The number of rotatable bonds is 38. The largest absolute Gasteiger partial charge is 0.396 e. The summed E-state index contributed by atoms with van der Waals surface area (Å²) in [5.41, 5.74) is 8.39. The van der Waals surface area contributed by atoms with Crippen LogP contribution in [0.4, 0.5) is 5.69 Å². The highest BCUT2D eigenvalue weighted by Gasteiger charge is 2.44. The molecule has 6 N–H and O–H groups in total. The summed E-state index contributed by atoms with van der Waals surface area (Å²) in [5, 5.41) is 19.9. The maximum Gasteiger partial charge on any atom is 0.246 e. The number of ketones is 3. The summed E-state index contributed by atoms with van der Waals surface area (Å²) in [6, 6.07) is 21.7. The van der Waals surface area contributed by atoms with Crippen LogP contribution >= 0.6 is 0 Å². The third-order valence-electron chi connectivity index (χ3n) is 18.7. The molecule has 3 aromatic carbocycles. The predicted molar refractivity (Wildman–Crippen MR) is 351 cm³/mol. The van der Waals surface area contributed by atoms with Crippen molar-refractivity contribution in [2.75, 3.05) is 59.8 Å². The Labute approximate surface area is 539 Å². The minimum atomic E-state index is -1.02. The minimum Gasteiger partial charge on any atom is -0.396 e. The van der Waals surface area contributed by atoms with Gasteiger partial charge in [0.15, 0.2) is 17.3 Å². The second-order valence-corrected chi connectivity index (χ2v) is 26.4. The number of aliphatic hydroxyl groups is 1. The van der Waals surface area contributed by atoms with Gasteiger partial charge >= 0.3 is 0 Å². The molecule has 0 aromatic heterocycles. The SMILES string of the molecule is CC[C@H](C)[C@@H]([C@@H](CC(=O)N1CCC[C@H]1[C@H](CO)[C@@H](C)C(=O)N[C@@H](Cc1ccccc1)C(=O)Cc1ccc(NC(=O)[C@H](CCCCN)NC(=O)[C@@H](CC(=O)CN2C(=O)CC(C)C2=O)Cc2ccccc2)cc1)OC)N(C)C(=O)[C@@H](CC(=O)[C@H](C(C)C)N(C)C)C(C)C. The summed E-state index contributed by atoms with van der Waals surface area (Å²) < 4.78 is 6.11. The summed E-state index contributed by atoms with van der Waals surface area (Å²) >= 11 is 0. The average Bonchev–Trinajstić information content (AvgIpc) is 2.05. The first-order valence-electron chi connectivity index (χ1n) is 32.8. The first-order chi connectivity index (χ1) is 43.2. The van der Waals surface area contributed by atoms with Crippen LogP contribution in [0, 0.1) is 47.3 Å². The number of benzene rings is 3. The third-order valence-corrected chi connectivity index (χ3v) is 18.7. The Morgan fingerprint density at radius 2 is 1.35 bits per heavy atom. The molecule has 20 heteroatoms. The Morgan fingerprint density at radius 3 is 1.89 bits per heavy atom. The van der Waals surface area contributed by atoms with E-state index in [1.807, 2.05) is 121 Å². The highest BCUT2D eigenvalue weighted by atomic mass is 16.5. The van der Waals surface area contributed by atoms with E-state index in [0.717, 1.165) is 16.0 Å². The van der Waals surface area contributed by atoms with Gasteiger partial charge in [0.1, 0.15) is 6.04 Å². The molecule has 2 heterocycles. The standard InChI is InChI=1S/C71H104N8O12/c1-13-46(6)66(77(11)71(90)55(44(2)3)40-61(83)65(45(4)5)76(9)10)62(91-12)41-64(85)78-34-22-28-59(78)56(43-80)48(8)67(86)75-58(37-50-25-18-15-19-26-50)60(82)38-51-29-31-53(32-30-51)73-69(88)57(27-20-21-33-72)74-68(87)52(36-49-23-16-14-17-24-49)39-54(81)42-79-63(84)35-47(7)70(79)89/h14-19,23-26,29-32,44-48,52,55-59,62,65-66,80H,13,20-22,27-28,33-43,72H2,1-12H3,(H,73,88)(H,74,87)(H,75,86)/t46-,47?,48+,52+,55-,56+,57-,58-,59-,62+,65-,66-/m0/s1. The van der Waals surface area contributed by atoms with E-state index in [0.29, 0.717) is 56.4 Å². The summed E-state index contributed by atoms with van der Waals surface area (Å²) in [7, 11) is 7.02. The maximum absolute atomic E-state index is 14.6. The second kappa shape index (κ2) is 36.3. The first kappa shape index (κ1) is 74.7. The van der Waals surface area contributed by atoms with Crippen LogP contribution in [-0.4, -0.2) is 174 Å². The van der Waals surface area contributed by atoms with E-state index in [2.05, 4.69) is 16.0 Å².